The van der Waals surface area contributed by atoms with Crippen molar-refractivity contribution in [3.05, 3.63) is 46.0 Å². The van der Waals surface area contributed by atoms with Gasteiger partial charge in [-0.05, 0) is 31.5 Å². The number of nitrogens with zero attached hydrogens (tertiary/aromatic N) is 2. The lowest BCUT2D eigenvalue weighted by atomic mass is 10.2. The van der Waals surface area contributed by atoms with Crippen molar-refractivity contribution in [1.82, 2.24) is 9.78 Å². The second kappa shape index (κ2) is 4.98. The van der Waals surface area contributed by atoms with Crippen molar-refractivity contribution in [2.24, 2.45) is 7.05 Å². The smallest absolute Gasteiger partial charge is 0.141 e. The number of halogens is 2. The van der Waals surface area contributed by atoms with Crippen LogP contribution in [0.2, 0.25) is 5.02 Å². The van der Waals surface area contributed by atoms with Crippen molar-refractivity contribution in [3.63, 3.8) is 0 Å². The molecule has 0 bridgehead atoms. The number of anilines is 1. The van der Waals surface area contributed by atoms with E-state index in [1.165, 1.54) is 6.07 Å². The Morgan fingerprint density at radius 1 is 1.39 bits per heavy atom. The SMILES string of the molecule is Cc1nn(C)c(C)c1NCc1ccc(F)c(Cl)c1. The lowest BCUT2D eigenvalue weighted by Gasteiger charge is -2.07. The third-order valence-corrected chi connectivity index (χ3v) is 3.25. The summed E-state index contributed by atoms with van der Waals surface area (Å²) in [7, 11) is 1.91. The van der Waals surface area contributed by atoms with Gasteiger partial charge in [-0.3, -0.25) is 4.68 Å². The molecule has 0 unspecified atom stereocenters. The molecule has 1 aromatic heterocycles. The highest BCUT2D eigenvalue weighted by Gasteiger charge is 2.09. The van der Waals surface area contributed by atoms with Gasteiger partial charge >= 0.3 is 0 Å². The van der Waals surface area contributed by atoms with Crippen LogP contribution in [0, 0.1) is 19.7 Å². The van der Waals surface area contributed by atoms with E-state index in [1.807, 2.05) is 25.6 Å². The van der Waals surface area contributed by atoms with Crippen LogP contribution in [-0.4, -0.2) is 9.78 Å². The molecule has 96 valence electrons. The molecule has 1 N–H and O–H groups in total. The van der Waals surface area contributed by atoms with E-state index < -0.39 is 5.82 Å². The van der Waals surface area contributed by atoms with Crippen LogP contribution in [0.5, 0.6) is 0 Å². The van der Waals surface area contributed by atoms with E-state index in [9.17, 15) is 4.39 Å². The number of aryl methyl sites for hydroxylation is 2. The Kier molecular flexibility index (Phi) is 3.57. The standard InChI is InChI=1S/C13H15ClFN3/c1-8-13(9(2)18(3)17-8)16-7-10-4-5-12(15)11(14)6-10/h4-6,16H,7H2,1-3H3. The van der Waals surface area contributed by atoms with Gasteiger partial charge in [-0.1, -0.05) is 17.7 Å². The molecule has 3 nitrogen and oxygen atoms in total. The van der Waals surface area contributed by atoms with Gasteiger partial charge in [-0.2, -0.15) is 5.10 Å². The minimum absolute atomic E-state index is 0.147. The Morgan fingerprint density at radius 3 is 2.67 bits per heavy atom. The van der Waals surface area contributed by atoms with E-state index in [2.05, 4.69) is 10.4 Å². The predicted octanol–water partition coefficient (Wildman–Crippen LogP) is 3.44. The fraction of sp³-hybridized carbons (Fsp3) is 0.308. The summed E-state index contributed by atoms with van der Waals surface area (Å²) in [4.78, 5) is 0. The second-order valence-corrected chi connectivity index (χ2v) is 4.68. The summed E-state index contributed by atoms with van der Waals surface area (Å²) in [6, 6.07) is 4.72. The molecule has 0 fully saturated rings. The fourth-order valence-electron chi connectivity index (χ4n) is 1.87. The number of hydrogen-bond donors (Lipinski definition) is 1. The first-order valence-corrected chi connectivity index (χ1v) is 6.05. The highest BCUT2D eigenvalue weighted by atomic mass is 35.5. The summed E-state index contributed by atoms with van der Waals surface area (Å²) in [5.41, 5.74) is 3.96. The van der Waals surface area contributed by atoms with Crippen molar-refractivity contribution in [2.75, 3.05) is 5.32 Å². The van der Waals surface area contributed by atoms with Crippen LogP contribution in [-0.2, 0) is 13.6 Å². The van der Waals surface area contributed by atoms with Crippen molar-refractivity contribution < 1.29 is 4.39 Å². The summed E-state index contributed by atoms with van der Waals surface area (Å²) >= 11 is 5.74. The number of benzene rings is 1. The normalized spacial score (nSPS) is 10.7. The summed E-state index contributed by atoms with van der Waals surface area (Å²) in [6.07, 6.45) is 0. The molecular formula is C13H15ClFN3. The Labute approximate surface area is 111 Å². The van der Waals surface area contributed by atoms with E-state index in [4.69, 9.17) is 11.6 Å². The number of rotatable bonds is 3. The van der Waals surface area contributed by atoms with E-state index in [1.54, 1.807) is 12.1 Å². The summed E-state index contributed by atoms with van der Waals surface area (Å²) < 4.78 is 14.9. The first-order chi connectivity index (χ1) is 8.49. The molecule has 0 spiro atoms. The van der Waals surface area contributed by atoms with Crippen LogP contribution in [0.15, 0.2) is 18.2 Å². The topological polar surface area (TPSA) is 29.9 Å². The van der Waals surface area contributed by atoms with Gasteiger partial charge < -0.3 is 5.32 Å². The zero-order valence-electron chi connectivity index (χ0n) is 10.6. The molecule has 0 amide bonds. The minimum atomic E-state index is -0.394. The Balaban J connectivity index is 2.14. The third-order valence-electron chi connectivity index (χ3n) is 2.96. The fourth-order valence-corrected chi connectivity index (χ4v) is 2.07. The van der Waals surface area contributed by atoms with Crippen molar-refractivity contribution >= 4 is 17.3 Å². The van der Waals surface area contributed by atoms with Gasteiger partial charge in [-0.25, -0.2) is 4.39 Å². The van der Waals surface area contributed by atoms with Crippen LogP contribution in [0.1, 0.15) is 17.0 Å². The molecule has 2 rings (SSSR count). The van der Waals surface area contributed by atoms with Crippen LogP contribution in [0.4, 0.5) is 10.1 Å². The molecule has 1 aromatic carbocycles. The van der Waals surface area contributed by atoms with E-state index in [0.717, 1.165) is 22.6 Å². The maximum Gasteiger partial charge on any atom is 0.141 e. The molecule has 0 aliphatic carbocycles. The van der Waals surface area contributed by atoms with E-state index >= 15 is 0 Å². The molecule has 18 heavy (non-hydrogen) atoms. The third kappa shape index (κ3) is 2.48. The number of hydrogen-bond acceptors (Lipinski definition) is 2. The lowest BCUT2D eigenvalue weighted by molar-refractivity contribution is 0.627. The Morgan fingerprint density at radius 2 is 2.11 bits per heavy atom. The van der Waals surface area contributed by atoms with Crippen LogP contribution in [0.25, 0.3) is 0 Å². The average molecular weight is 268 g/mol. The molecule has 0 saturated heterocycles. The van der Waals surface area contributed by atoms with Gasteiger partial charge in [0.15, 0.2) is 0 Å². The zero-order chi connectivity index (χ0) is 13.3. The predicted molar refractivity (Wildman–Crippen MR) is 71.4 cm³/mol. The lowest BCUT2D eigenvalue weighted by Crippen LogP contribution is -2.02. The van der Waals surface area contributed by atoms with Crippen molar-refractivity contribution in [1.29, 1.82) is 0 Å². The molecule has 2 aromatic rings. The second-order valence-electron chi connectivity index (χ2n) is 4.27. The quantitative estimate of drug-likeness (QED) is 0.923. The minimum Gasteiger partial charge on any atom is -0.378 e. The van der Waals surface area contributed by atoms with Crippen molar-refractivity contribution in [3.8, 4) is 0 Å². The molecule has 0 aliphatic heterocycles. The summed E-state index contributed by atoms with van der Waals surface area (Å²) in [5, 5.41) is 7.77. The van der Waals surface area contributed by atoms with Crippen LogP contribution < -0.4 is 5.32 Å². The zero-order valence-corrected chi connectivity index (χ0v) is 11.3. The maximum atomic E-state index is 13.0. The summed E-state index contributed by atoms with van der Waals surface area (Å²) in [5.74, 6) is -0.394. The van der Waals surface area contributed by atoms with Gasteiger partial charge in [0.1, 0.15) is 5.82 Å². The van der Waals surface area contributed by atoms with E-state index in [0.29, 0.717) is 6.54 Å². The highest BCUT2D eigenvalue weighted by molar-refractivity contribution is 6.30. The maximum absolute atomic E-state index is 13.0. The number of nitrogens with one attached hydrogen (secondary N) is 1. The van der Waals surface area contributed by atoms with Crippen LogP contribution >= 0.6 is 11.6 Å². The first kappa shape index (κ1) is 12.9. The molecular weight excluding hydrogens is 253 g/mol. The van der Waals surface area contributed by atoms with Gasteiger partial charge in [0.05, 0.1) is 22.1 Å². The first-order valence-electron chi connectivity index (χ1n) is 5.67. The average Bonchev–Trinajstić information content (AvgIpc) is 2.56. The molecule has 0 atom stereocenters. The Bertz CT molecular complexity index is 578. The van der Waals surface area contributed by atoms with Gasteiger partial charge in [0, 0.05) is 13.6 Å². The largest absolute Gasteiger partial charge is 0.378 e. The van der Waals surface area contributed by atoms with E-state index in [-0.39, 0.29) is 5.02 Å². The van der Waals surface area contributed by atoms with Gasteiger partial charge in [-0.15, -0.1) is 0 Å². The number of aromatic nitrogens is 2. The molecule has 0 radical (unpaired) electrons. The summed E-state index contributed by atoms with van der Waals surface area (Å²) in [6.45, 7) is 4.54. The Hall–Kier alpha value is -1.55. The van der Waals surface area contributed by atoms with Gasteiger partial charge in [0.2, 0.25) is 0 Å². The van der Waals surface area contributed by atoms with Crippen LogP contribution in [0.3, 0.4) is 0 Å². The molecule has 0 saturated carbocycles. The monoisotopic (exact) mass is 267 g/mol. The highest BCUT2D eigenvalue weighted by Crippen LogP contribution is 2.21. The molecule has 1 heterocycles. The van der Waals surface area contributed by atoms with Gasteiger partial charge in [0.25, 0.3) is 0 Å². The molecule has 0 aliphatic rings. The van der Waals surface area contributed by atoms with Crippen molar-refractivity contribution in [2.45, 2.75) is 20.4 Å². The molecule has 5 heteroatoms.